The predicted molar refractivity (Wildman–Crippen MR) is 104 cm³/mol. The van der Waals surface area contributed by atoms with E-state index in [0.717, 1.165) is 16.8 Å². The Hall–Kier alpha value is -1.98. The van der Waals surface area contributed by atoms with E-state index in [1.54, 1.807) is 18.7 Å². The number of rotatable bonds is 4. The molecule has 3 rings (SSSR count). The third kappa shape index (κ3) is 3.99. The third-order valence-electron chi connectivity index (χ3n) is 3.98. The zero-order valence-corrected chi connectivity index (χ0v) is 15.6. The Morgan fingerprint density at radius 1 is 1.28 bits per heavy atom. The SMILES string of the molecule is Cc1ccc(N2C(=O)CS[C@@H]2c2cccc(NC(=O)[C@@H](C)Cl)c2)cc1. The van der Waals surface area contributed by atoms with Crippen LogP contribution in [0.15, 0.2) is 48.5 Å². The Bertz CT molecular complexity index is 792. The van der Waals surface area contributed by atoms with E-state index in [0.29, 0.717) is 11.4 Å². The van der Waals surface area contributed by atoms with Crippen molar-refractivity contribution in [2.45, 2.75) is 24.6 Å². The average Bonchev–Trinajstić information content (AvgIpc) is 2.97. The lowest BCUT2D eigenvalue weighted by Crippen LogP contribution is -2.27. The van der Waals surface area contributed by atoms with E-state index in [1.165, 1.54) is 0 Å². The van der Waals surface area contributed by atoms with Crippen molar-refractivity contribution >= 4 is 46.6 Å². The van der Waals surface area contributed by atoms with Crippen LogP contribution in [0.2, 0.25) is 0 Å². The van der Waals surface area contributed by atoms with Gasteiger partial charge in [-0.2, -0.15) is 0 Å². The molecule has 1 heterocycles. The molecule has 2 aromatic rings. The topological polar surface area (TPSA) is 49.4 Å². The first-order valence-corrected chi connectivity index (χ1v) is 9.49. The Morgan fingerprint density at radius 2 is 2.00 bits per heavy atom. The highest BCUT2D eigenvalue weighted by molar-refractivity contribution is 8.00. The van der Waals surface area contributed by atoms with Gasteiger partial charge >= 0.3 is 0 Å². The van der Waals surface area contributed by atoms with Crippen LogP contribution < -0.4 is 10.2 Å². The summed E-state index contributed by atoms with van der Waals surface area (Å²) in [7, 11) is 0. The molecule has 25 heavy (non-hydrogen) atoms. The summed E-state index contributed by atoms with van der Waals surface area (Å²) in [6.45, 7) is 3.65. The van der Waals surface area contributed by atoms with Gasteiger partial charge in [-0.05, 0) is 43.7 Å². The van der Waals surface area contributed by atoms with Crippen LogP contribution in [-0.2, 0) is 9.59 Å². The number of halogens is 1. The number of carbonyl (C=O) groups excluding carboxylic acids is 2. The first kappa shape index (κ1) is 17.8. The van der Waals surface area contributed by atoms with Gasteiger partial charge in [0.05, 0.1) is 5.75 Å². The molecule has 6 heteroatoms. The fraction of sp³-hybridized carbons (Fsp3) is 0.263. The summed E-state index contributed by atoms with van der Waals surface area (Å²) >= 11 is 7.39. The van der Waals surface area contributed by atoms with Gasteiger partial charge in [0.2, 0.25) is 11.8 Å². The van der Waals surface area contributed by atoms with Crippen molar-refractivity contribution in [2.75, 3.05) is 16.0 Å². The van der Waals surface area contributed by atoms with Crippen molar-refractivity contribution in [3.63, 3.8) is 0 Å². The van der Waals surface area contributed by atoms with Crippen LogP contribution in [0.1, 0.15) is 23.4 Å². The minimum atomic E-state index is -0.602. The number of hydrogen-bond acceptors (Lipinski definition) is 3. The Labute approximate surface area is 156 Å². The van der Waals surface area contributed by atoms with Crippen molar-refractivity contribution in [1.29, 1.82) is 0 Å². The Balaban J connectivity index is 1.88. The van der Waals surface area contributed by atoms with E-state index in [-0.39, 0.29) is 17.2 Å². The van der Waals surface area contributed by atoms with E-state index >= 15 is 0 Å². The number of benzene rings is 2. The average molecular weight is 375 g/mol. The summed E-state index contributed by atoms with van der Waals surface area (Å²) in [4.78, 5) is 26.0. The first-order valence-electron chi connectivity index (χ1n) is 8.01. The van der Waals surface area contributed by atoms with E-state index in [1.807, 2.05) is 60.4 Å². The van der Waals surface area contributed by atoms with Crippen LogP contribution in [0.3, 0.4) is 0 Å². The van der Waals surface area contributed by atoms with Crippen molar-refractivity contribution in [1.82, 2.24) is 0 Å². The van der Waals surface area contributed by atoms with Crippen LogP contribution in [0.5, 0.6) is 0 Å². The molecule has 0 bridgehead atoms. The lowest BCUT2D eigenvalue weighted by molar-refractivity contribution is -0.116. The maximum absolute atomic E-state index is 12.4. The second-order valence-electron chi connectivity index (χ2n) is 5.99. The number of anilines is 2. The van der Waals surface area contributed by atoms with Gasteiger partial charge in [0.25, 0.3) is 0 Å². The molecule has 2 atom stereocenters. The summed E-state index contributed by atoms with van der Waals surface area (Å²) in [6.07, 6.45) is 0. The maximum Gasteiger partial charge on any atom is 0.242 e. The van der Waals surface area contributed by atoms with Crippen molar-refractivity contribution in [3.05, 3.63) is 59.7 Å². The van der Waals surface area contributed by atoms with Gasteiger partial charge in [-0.3, -0.25) is 14.5 Å². The number of alkyl halides is 1. The molecule has 2 amide bonds. The minimum absolute atomic E-state index is 0.0858. The fourth-order valence-electron chi connectivity index (χ4n) is 2.67. The molecule has 0 spiro atoms. The lowest BCUT2D eigenvalue weighted by Gasteiger charge is -2.25. The van der Waals surface area contributed by atoms with Gasteiger partial charge < -0.3 is 5.32 Å². The monoisotopic (exact) mass is 374 g/mol. The molecule has 0 radical (unpaired) electrons. The van der Waals surface area contributed by atoms with E-state index in [4.69, 9.17) is 11.6 Å². The summed E-state index contributed by atoms with van der Waals surface area (Å²) < 4.78 is 0. The van der Waals surface area contributed by atoms with Gasteiger partial charge in [0, 0.05) is 11.4 Å². The van der Waals surface area contributed by atoms with Gasteiger partial charge in [-0.15, -0.1) is 23.4 Å². The summed E-state index contributed by atoms with van der Waals surface area (Å²) in [5, 5.41) is 2.08. The molecule has 0 aromatic heterocycles. The van der Waals surface area contributed by atoms with Gasteiger partial charge in [0.1, 0.15) is 10.8 Å². The van der Waals surface area contributed by atoms with Gasteiger partial charge in [0.15, 0.2) is 0 Å². The third-order valence-corrected chi connectivity index (χ3v) is 5.39. The molecule has 0 unspecified atom stereocenters. The summed E-state index contributed by atoms with van der Waals surface area (Å²) in [5.41, 5.74) is 3.68. The minimum Gasteiger partial charge on any atom is -0.325 e. The fourth-order valence-corrected chi connectivity index (χ4v) is 3.89. The smallest absolute Gasteiger partial charge is 0.242 e. The van der Waals surface area contributed by atoms with E-state index in [9.17, 15) is 9.59 Å². The van der Waals surface area contributed by atoms with Crippen LogP contribution >= 0.6 is 23.4 Å². The molecule has 0 saturated carbocycles. The van der Waals surface area contributed by atoms with E-state index in [2.05, 4.69) is 5.32 Å². The molecular formula is C19H19ClN2O2S. The standard InChI is InChI=1S/C19H19ClN2O2S/c1-12-6-8-16(9-7-12)22-17(23)11-25-19(22)14-4-3-5-15(10-14)21-18(24)13(2)20/h3-10,13,19H,11H2,1-2H3,(H,21,24)/t13-,19-/m1/s1. The van der Waals surface area contributed by atoms with Crippen molar-refractivity contribution in [2.24, 2.45) is 0 Å². The number of nitrogens with one attached hydrogen (secondary N) is 1. The van der Waals surface area contributed by atoms with Crippen LogP contribution in [0.25, 0.3) is 0 Å². The molecule has 2 aromatic carbocycles. The molecule has 1 aliphatic heterocycles. The second kappa shape index (κ2) is 7.50. The summed E-state index contributed by atoms with van der Waals surface area (Å²) in [5.74, 6) is 0.278. The first-order chi connectivity index (χ1) is 12.0. The molecule has 0 aliphatic carbocycles. The predicted octanol–water partition coefficient (Wildman–Crippen LogP) is 4.34. The Morgan fingerprint density at radius 3 is 2.68 bits per heavy atom. The Kier molecular flexibility index (Phi) is 5.35. The molecule has 1 fully saturated rings. The largest absolute Gasteiger partial charge is 0.325 e. The zero-order valence-electron chi connectivity index (χ0n) is 14.0. The molecule has 130 valence electrons. The second-order valence-corrected chi connectivity index (χ2v) is 7.72. The van der Waals surface area contributed by atoms with Crippen LogP contribution in [-0.4, -0.2) is 22.9 Å². The van der Waals surface area contributed by atoms with Gasteiger partial charge in [-0.25, -0.2) is 0 Å². The van der Waals surface area contributed by atoms with Gasteiger partial charge in [-0.1, -0.05) is 29.8 Å². The highest BCUT2D eigenvalue weighted by Crippen LogP contribution is 2.42. The summed E-state index contributed by atoms with van der Waals surface area (Å²) in [6, 6.07) is 15.5. The zero-order chi connectivity index (χ0) is 18.0. The number of hydrogen-bond donors (Lipinski definition) is 1. The number of thioether (sulfide) groups is 1. The van der Waals surface area contributed by atoms with E-state index < -0.39 is 5.38 Å². The highest BCUT2D eigenvalue weighted by atomic mass is 35.5. The molecule has 1 aliphatic rings. The molecule has 1 saturated heterocycles. The maximum atomic E-state index is 12.4. The van der Waals surface area contributed by atoms with Crippen LogP contribution in [0.4, 0.5) is 11.4 Å². The molecule has 4 nitrogen and oxygen atoms in total. The number of carbonyl (C=O) groups is 2. The molecular weight excluding hydrogens is 356 g/mol. The van der Waals surface area contributed by atoms with Crippen LogP contribution in [0, 0.1) is 6.92 Å². The van der Waals surface area contributed by atoms with Crippen molar-refractivity contribution in [3.8, 4) is 0 Å². The van der Waals surface area contributed by atoms with Crippen molar-refractivity contribution < 1.29 is 9.59 Å². The number of amides is 2. The lowest BCUT2D eigenvalue weighted by atomic mass is 10.1. The molecule has 1 N–H and O–H groups in total. The quantitative estimate of drug-likeness (QED) is 0.810. The normalized spacial score (nSPS) is 18.3. The number of nitrogens with zero attached hydrogens (tertiary/aromatic N) is 1. The highest BCUT2D eigenvalue weighted by Gasteiger charge is 2.34. The number of aryl methyl sites for hydroxylation is 1.